The molecule has 1 aliphatic heterocycles. The number of hydrogen-bond acceptors (Lipinski definition) is 5. The fourth-order valence-corrected chi connectivity index (χ4v) is 3.46. The number of nitrogens with zero attached hydrogens (tertiary/aromatic N) is 2. The summed E-state index contributed by atoms with van der Waals surface area (Å²) < 4.78 is 10.7. The summed E-state index contributed by atoms with van der Waals surface area (Å²) in [6, 6.07) is 6.08. The van der Waals surface area contributed by atoms with Crippen LogP contribution in [0.15, 0.2) is 24.4 Å². The number of methoxy groups -OCH3 is 1. The number of aromatic nitrogens is 1. The molecule has 2 heterocycles. The zero-order valence-corrected chi connectivity index (χ0v) is 14.4. The van der Waals surface area contributed by atoms with Gasteiger partial charge in [-0.05, 0) is 30.7 Å². The molecule has 1 unspecified atom stereocenters. The summed E-state index contributed by atoms with van der Waals surface area (Å²) in [5, 5.41) is 0.858. The van der Waals surface area contributed by atoms with Crippen LogP contribution in [0.1, 0.15) is 22.2 Å². The average molecular weight is 332 g/mol. The maximum absolute atomic E-state index is 12.4. The van der Waals surface area contributed by atoms with Crippen LogP contribution in [0.2, 0.25) is 0 Å². The van der Waals surface area contributed by atoms with E-state index in [4.69, 9.17) is 9.47 Å². The van der Waals surface area contributed by atoms with Crippen LogP contribution in [0.5, 0.6) is 5.75 Å². The van der Waals surface area contributed by atoms with Crippen molar-refractivity contribution in [1.82, 2.24) is 9.88 Å². The van der Waals surface area contributed by atoms with Crippen molar-refractivity contribution in [2.75, 3.05) is 27.3 Å². The molecule has 1 aromatic carbocycles. The Labute approximate surface area is 139 Å². The van der Waals surface area contributed by atoms with Gasteiger partial charge in [0.1, 0.15) is 15.6 Å². The minimum absolute atomic E-state index is 0.00746. The van der Waals surface area contributed by atoms with Gasteiger partial charge in [0.05, 0.1) is 18.9 Å². The molecule has 3 rings (SSSR count). The molecular weight excluding hydrogens is 312 g/mol. The summed E-state index contributed by atoms with van der Waals surface area (Å²) in [4.78, 5) is 19.2. The normalized spacial score (nSPS) is 14.2. The third kappa shape index (κ3) is 3.38. The molecule has 1 amide bonds. The molecule has 2 aromatic rings. The Morgan fingerprint density at radius 1 is 1.52 bits per heavy atom. The molecular formula is C17H20N2O3S. The van der Waals surface area contributed by atoms with Gasteiger partial charge in [0.2, 0.25) is 0 Å². The van der Waals surface area contributed by atoms with Gasteiger partial charge in [-0.25, -0.2) is 4.98 Å². The third-order valence-corrected chi connectivity index (χ3v) is 4.97. The van der Waals surface area contributed by atoms with E-state index in [0.717, 1.165) is 29.3 Å². The lowest BCUT2D eigenvalue weighted by Crippen LogP contribution is -2.33. The van der Waals surface area contributed by atoms with Gasteiger partial charge in [-0.2, -0.15) is 0 Å². The maximum Gasteiger partial charge on any atom is 0.265 e. The van der Waals surface area contributed by atoms with Crippen molar-refractivity contribution in [3.05, 3.63) is 34.8 Å². The molecule has 0 aliphatic carbocycles. The van der Waals surface area contributed by atoms with Crippen LogP contribution in [0, 0.1) is 0 Å². The number of ether oxygens (including phenoxy) is 2. The predicted molar refractivity (Wildman–Crippen MR) is 90.2 cm³/mol. The van der Waals surface area contributed by atoms with Gasteiger partial charge >= 0.3 is 0 Å². The molecule has 0 spiro atoms. The summed E-state index contributed by atoms with van der Waals surface area (Å²) in [6.45, 7) is 3.23. The van der Waals surface area contributed by atoms with Crippen molar-refractivity contribution in [2.45, 2.75) is 19.4 Å². The molecule has 0 bridgehead atoms. The van der Waals surface area contributed by atoms with Crippen molar-refractivity contribution in [2.24, 2.45) is 0 Å². The van der Waals surface area contributed by atoms with E-state index in [-0.39, 0.29) is 12.0 Å². The van der Waals surface area contributed by atoms with Crippen LogP contribution in [0.25, 0.3) is 10.6 Å². The fourth-order valence-electron chi connectivity index (χ4n) is 2.56. The van der Waals surface area contributed by atoms with Gasteiger partial charge in [0, 0.05) is 32.7 Å². The SMILES string of the molecule is COC(C)CN(C)C(=O)c1cnc(-c2ccc3c(c2)CCO3)s1. The van der Waals surface area contributed by atoms with E-state index in [1.807, 2.05) is 19.1 Å². The van der Waals surface area contributed by atoms with Crippen LogP contribution in [0.3, 0.4) is 0 Å². The van der Waals surface area contributed by atoms with Crippen LogP contribution < -0.4 is 4.74 Å². The monoisotopic (exact) mass is 332 g/mol. The highest BCUT2D eigenvalue weighted by atomic mass is 32.1. The van der Waals surface area contributed by atoms with E-state index in [9.17, 15) is 4.79 Å². The van der Waals surface area contributed by atoms with Gasteiger partial charge in [0.15, 0.2) is 0 Å². The molecule has 0 radical (unpaired) electrons. The van der Waals surface area contributed by atoms with E-state index in [1.54, 1.807) is 25.3 Å². The average Bonchev–Trinajstić information content (AvgIpc) is 3.22. The van der Waals surface area contributed by atoms with E-state index in [1.165, 1.54) is 16.9 Å². The van der Waals surface area contributed by atoms with Gasteiger partial charge in [-0.1, -0.05) is 0 Å². The first-order chi connectivity index (χ1) is 11.1. The molecule has 6 heteroatoms. The number of carbonyl (C=O) groups excluding carboxylic acids is 1. The Bertz CT molecular complexity index is 714. The number of carbonyl (C=O) groups is 1. The van der Waals surface area contributed by atoms with E-state index >= 15 is 0 Å². The van der Waals surface area contributed by atoms with Gasteiger partial charge in [-0.15, -0.1) is 11.3 Å². The molecule has 23 heavy (non-hydrogen) atoms. The maximum atomic E-state index is 12.4. The topological polar surface area (TPSA) is 51.7 Å². The Kier molecular flexibility index (Phi) is 4.63. The lowest BCUT2D eigenvalue weighted by Gasteiger charge is -2.19. The van der Waals surface area contributed by atoms with Crippen LogP contribution in [-0.2, 0) is 11.2 Å². The number of rotatable bonds is 5. The Balaban J connectivity index is 1.76. The first-order valence-corrected chi connectivity index (χ1v) is 8.40. The summed E-state index contributed by atoms with van der Waals surface area (Å²) in [7, 11) is 3.43. The van der Waals surface area contributed by atoms with Gasteiger partial charge in [0.25, 0.3) is 5.91 Å². The smallest absolute Gasteiger partial charge is 0.265 e. The summed E-state index contributed by atoms with van der Waals surface area (Å²) >= 11 is 1.42. The van der Waals surface area contributed by atoms with Crippen molar-refractivity contribution in [3.8, 4) is 16.3 Å². The molecule has 122 valence electrons. The van der Waals surface area contributed by atoms with Crippen molar-refractivity contribution in [3.63, 3.8) is 0 Å². The van der Waals surface area contributed by atoms with Crippen molar-refractivity contribution < 1.29 is 14.3 Å². The van der Waals surface area contributed by atoms with Gasteiger partial charge in [-0.3, -0.25) is 4.79 Å². The summed E-state index contributed by atoms with van der Waals surface area (Å²) in [6.07, 6.45) is 2.59. The molecule has 5 nitrogen and oxygen atoms in total. The molecule has 1 atom stereocenters. The molecule has 0 N–H and O–H groups in total. The second kappa shape index (κ2) is 6.68. The predicted octanol–water partition coefficient (Wildman–Crippen LogP) is 2.85. The first-order valence-electron chi connectivity index (χ1n) is 7.58. The quantitative estimate of drug-likeness (QED) is 0.845. The number of amides is 1. The number of likely N-dealkylation sites (N-methyl/N-ethyl adjacent to an activating group) is 1. The van der Waals surface area contributed by atoms with E-state index < -0.39 is 0 Å². The largest absolute Gasteiger partial charge is 0.493 e. The highest BCUT2D eigenvalue weighted by molar-refractivity contribution is 7.16. The lowest BCUT2D eigenvalue weighted by atomic mass is 10.1. The highest BCUT2D eigenvalue weighted by Gasteiger charge is 2.19. The molecule has 1 aliphatic rings. The number of benzene rings is 1. The van der Waals surface area contributed by atoms with Crippen molar-refractivity contribution >= 4 is 17.2 Å². The zero-order chi connectivity index (χ0) is 16.4. The lowest BCUT2D eigenvalue weighted by molar-refractivity contribution is 0.0603. The Hall–Kier alpha value is -1.92. The second-order valence-corrected chi connectivity index (χ2v) is 6.71. The van der Waals surface area contributed by atoms with Crippen LogP contribution in [-0.4, -0.2) is 49.2 Å². The van der Waals surface area contributed by atoms with Crippen LogP contribution in [0.4, 0.5) is 0 Å². The number of fused-ring (bicyclic) bond motifs is 1. The minimum atomic E-state index is -0.0258. The molecule has 0 saturated carbocycles. The van der Waals surface area contributed by atoms with E-state index in [0.29, 0.717) is 11.4 Å². The standard InChI is InChI=1S/C17H20N2O3S/c1-11(21-3)10-19(2)17(20)15-9-18-16(23-15)13-4-5-14-12(8-13)6-7-22-14/h4-5,8-9,11H,6-7,10H2,1-3H3. The molecule has 0 fully saturated rings. The minimum Gasteiger partial charge on any atom is -0.493 e. The molecule has 1 aromatic heterocycles. The highest BCUT2D eigenvalue weighted by Crippen LogP contribution is 2.32. The Morgan fingerprint density at radius 2 is 2.35 bits per heavy atom. The van der Waals surface area contributed by atoms with E-state index in [2.05, 4.69) is 11.1 Å². The fraction of sp³-hybridized carbons (Fsp3) is 0.412. The Morgan fingerprint density at radius 3 is 3.13 bits per heavy atom. The number of hydrogen-bond donors (Lipinski definition) is 0. The van der Waals surface area contributed by atoms with Crippen LogP contribution >= 0.6 is 11.3 Å². The summed E-state index contributed by atoms with van der Waals surface area (Å²) in [5.41, 5.74) is 2.24. The van der Waals surface area contributed by atoms with Crippen molar-refractivity contribution in [1.29, 1.82) is 0 Å². The first kappa shape index (κ1) is 16.0. The summed E-state index contributed by atoms with van der Waals surface area (Å²) in [5.74, 6) is 0.928. The zero-order valence-electron chi connectivity index (χ0n) is 13.5. The second-order valence-electron chi connectivity index (χ2n) is 5.68. The number of thiazole rings is 1. The third-order valence-electron chi connectivity index (χ3n) is 3.93. The van der Waals surface area contributed by atoms with Gasteiger partial charge < -0.3 is 14.4 Å². The molecule has 0 saturated heterocycles.